The molecule has 0 saturated heterocycles. The van der Waals surface area contributed by atoms with Crippen LogP contribution in [-0.4, -0.2) is 32.4 Å². The lowest BCUT2D eigenvalue weighted by molar-refractivity contribution is 0.410. The summed E-state index contributed by atoms with van der Waals surface area (Å²) in [6.07, 6.45) is 2.70. The monoisotopic (exact) mass is 298 g/mol. The fraction of sp³-hybridized carbons (Fsp3) is 0.600. The summed E-state index contributed by atoms with van der Waals surface area (Å²) < 4.78 is 26.7. The zero-order valence-electron chi connectivity index (χ0n) is 12.7. The standard InChI is InChI=1S/C15H26N2O2S/c1-4-11-16-14-7-9-15(10-8-14)20(18,19)17(12-5-2)13-6-3/h7-10,16H,4-6,11-13H2,1-3H3. The zero-order valence-corrected chi connectivity index (χ0v) is 13.5. The average Bonchev–Trinajstić information content (AvgIpc) is 2.45. The van der Waals surface area contributed by atoms with Crippen molar-refractivity contribution in [2.75, 3.05) is 25.0 Å². The first-order valence-corrected chi connectivity index (χ1v) is 8.84. The van der Waals surface area contributed by atoms with E-state index in [1.807, 2.05) is 26.0 Å². The van der Waals surface area contributed by atoms with Crippen LogP contribution in [0.1, 0.15) is 40.0 Å². The van der Waals surface area contributed by atoms with E-state index in [2.05, 4.69) is 12.2 Å². The third kappa shape index (κ3) is 4.49. The molecular formula is C15H26N2O2S. The molecule has 0 spiro atoms. The van der Waals surface area contributed by atoms with Gasteiger partial charge < -0.3 is 5.32 Å². The average molecular weight is 298 g/mol. The van der Waals surface area contributed by atoms with E-state index in [4.69, 9.17) is 0 Å². The smallest absolute Gasteiger partial charge is 0.243 e. The van der Waals surface area contributed by atoms with Gasteiger partial charge in [0.2, 0.25) is 10.0 Å². The van der Waals surface area contributed by atoms with Crippen LogP contribution >= 0.6 is 0 Å². The number of sulfonamides is 1. The summed E-state index contributed by atoms with van der Waals surface area (Å²) in [6, 6.07) is 7.04. The Balaban J connectivity index is 2.90. The molecule has 1 rings (SSSR count). The van der Waals surface area contributed by atoms with Crippen molar-refractivity contribution in [1.29, 1.82) is 0 Å². The van der Waals surface area contributed by atoms with Crippen molar-refractivity contribution in [2.24, 2.45) is 0 Å². The van der Waals surface area contributed by atoms with Crippen molar-refractivity contribution in [3.05, 3.63) is 24.3 Å². The van der Waals surface area contributed by atoms with Gasteiger partial charge in [0, 0.05) is 25.3 Å². The van der Waals surface area contributed by atoms with E-state index < -0.39 is 10.0 Å². The molecular weight excluding hydrogens is 272 g/mol. The van der Waals surface area contributed by atoms with Crippen molar-refractivity contribution in [3.63, 3.8) is 0 Å². The molecule has 5 heteroatoms. The van der Waals surface area contributed by atoms with Gasteiger partial charge in [-0.3, -0.25) is 0 Å². The van der Waals surface area contributed by atoms with Gasteiger partial charge in [-0.25, -0.2) is 8.42 Å². The summed E-state index contributed by atoms with van der Waals surface area (Å²) in [4.78, 5) is 0.376. The van der Waals surface area contributed by atoms with E-state index in [9.17, 15) is 8.42 Å². The second-order valence-electron chi connectivity index (χ2n) is 4.86. The molecule has 0 unspecified atom stereocenters. The number of anilines is 1. The van der Waals surface area contributed by atoms with Gasteiger partial charge in [0.25, 0.3) is 0 Å². The molecule has 0 aliphatic rings. The van der Waals surface area contributed by atoms with Gasteiger partial charge in [0.15, 0.2) is 0 Å². The topological polar surface area (TPSA) is 49.4 Å². The van der Waals surface area contributed by atoms with Gasteiger partial charge >= 0.3 is 0 Å². The Morgan fingerprint density at radius 1 is 0.950 bits per heavy atom. The fourth-order valence-electron chi connectivity index (χ4n) is 2.01. The Morgan fingerprint density at radius 2 is 1.50 bits per heavy atom. The number of benzene rings is 1. The predicted octanol–water partition coefficient (Wildman–Crippen LogP) is 3.32. The highest BCUT2D eigenvalue weighted by Crippen LogP contribution is 2.19. The summed E-state index contributed by atoms with van der Waals surface area (Å²) in [5.41, 5.74) is 0.961. The van der Waals surface area contributed by atoms with Gasteiger partial charge in [0.1, 0.15) is 0 Å². The lowest BCUT2D eigenvalue weighted by Gasteiger charge is -2.21. The molecule has 20 heavy (non-hydrogen) atoms. The molecule has 1 N–H and O–H groups in total. The third-order valence-corrected chi connectivity index (χ3v) is 4.93. The predicted molar refractivity (Wildman–Crippen MR) is 84.6 cm³/mol. The van der Waals surface area contributed by atoms with Crippen molar-refractivity contribution in [3.8, 4) is 0 Å². The Hall–Kier alpha value is -1.07. The molecule has 0 bridgehead atoms. The molecule has 0 radical (unpaired) electrons. The molecule has 1 aromatic rings. The van der Waals surface area contributed by atoms with Crippen LogP contribution in [0.3, 0.4) is 0 Å². The van der Waals surface area contributed by atoms with Crippen LogP contribution in [0.15, 0.2) is 29.2 Å². The fourth-order valence-corrected chi connectivity index (χ4v) is 3.64. The third-order valence-electron chi connectivity index (χ3n) is 3.02. The number of nitrogens with one attached hydrogen (secondary N) is 1. The van der Waals surface area contributed by atoms with Crippen LogP contribution in [0.25, 0.3) is 0 Å². The Labute approximate surface area is 123 Å². The quantitative estimate of drug-likeness (QED) is 0.761. The summed E-state index contributed by atoms with van der Waals surface area (Å²) in [5, 5.41) is 3.24. The summed E-state index contributed by atoms with van der Waals surface area (Å²) >= 11 is 0. The summed E-state index contributed by atoms with van der Waals surface area (Å²) in [7, 11) is -3.36. The molecule has 1 aromatic carbocycles. The van der Waals surface area contributed by atoms with Gasteiger partial charge in [-0.05, 0) is 43.5 Å². The van der Waals surface area contributed by atoms with E-state index in [1.165, 1.54) is 0 Å². The number of hydrogen-bond donors (Lipinski definition) is 1. The molecule has 0 amide bonds. The van der Waals surface area contributed by atoms with Crippen molar-refractivity contribution < 1.29 is 8.42 Å². The van der Waals surface area contributed by atoms with E-state index in [1.54, 1.807) is 16.4 Å². The first kappa shape index (κ1) is 17.0. The maximum atomic E-state index is 12.5. The van der Waals surface area contributed by atoms with E-state index in [0.29, 0.717) is 18.0 Å². The highest BCUT2D eigenvalue weighted by Gasteiger charge is 2.22. The van der Waals surface area contributed by atoms with Gasteiger partial charge in [-0.2, -0.15) is 4.31 Å². The van der Waals surface area contributed by atoms with Gasteiger partial charge in [0.05, 0.1) is 4.90 Å². The molecule has 0 atom stereocenters. The molecule has 0 heterocycles. The zero-order chi connectivity index (χ0) is 15.0. The number of nitrogens with zero attached hydrogens (tertiary/aromatic N) is 1. The minimum absolute atomic E-state index is 0.376. The second kappa shape index (κ2) is 8.27. The first-order valence-electron chi connectivity index (χ1n) is 7.40. The summed E-state index contributed by atoms with van der Waals surface area (Å²) in [5.74, 6) is 0. The Morgan fingerprint density at radius 3 is 1.95 bits per heavy atom. The van der Waals surface area contributed by atoms with E-state index in [0.717, 1.165) is 31.5 Å². The van der Waals surface area contributed by atoms with Crippen LogP contribution < -0.4 is 5.32 Å². The highest BCUT2D eigenvalue weighted by atomic mass is 32.2. The van der Waals surface area contributed by atoms with Gasteiger partial charge in [-0.15, -0.1) is 0 Å². The molecule has 0 aliphatic heterocycles. The second-order valence-corrected chi connectivity index (χ2v) is 6.79. The van der Waals surface area contributed by atoms with Gasteiger partial charge in [-0.1, -0.05) is 20.8 Å². The summed E-state index contributed by atoms with van der Waals surface area (Å²) in [6.45, 7) is 8.13. The van der Waals surface area contributed by atoms with E-state index >= 15 is 0 Å². The van der Waals surface area contributed by atoms with Crippen molar-refractivity contribution in [2.45, 2.75) is 44.9 Å². The van der Waals surface area contributed by atoms with Crippen LogP contribution in [0.4, 0.5) is 5.69 Å². The van der Waals surface area contributed by atoms with Crippen LogP contribution in [0.2, 0.25) is 0 Å². The van der Waals surface area contributed by atoms with Crippen LogP contribution in [0, 0.1) is 0 Å². The number of rotatable bonds is 9. The van der Waals surface area contributed by atoms with Crippen LogP contribution in [0.5, 0.6) is 0 Å². The lowest BCUT2D eigenvalue weighted by atomic mass is 10.3. The minimum Gasteiger partial charge on any atom is -0.385 e. The van der Waals surface area contributed by atoms with Crippen molar-refractivity contribution >= 4 is 15.7 Å². The van der Waals surface area contributed by atoms with E-state index in [-0.39, 0.29) is 0 Å². The largest absolute Gasteiger partial charge is 0.385 e. The van der Waals surface area contributed by atoms with Crippen molar-refractivity contribution in [1.82, 2.24) is 4.31 Å². The highest BCUT2D eigenvalue weighted by molar-refractivity contribution is 7.89. The maximum absolute atomic E-state index is 12.5. The molecule has 4 nitrogen and oxygen atoms in total. The lowest BCUT2D eigenvalue weighted by Crippen LogP contribution is -2.32. The Bertz CT molecular complexity index is 477. The maximum Gasteiger partial charge on any atom is 0.243 e. The minimum atomic E-state index is -3.36. The number of hydrogen-bond acceptors (Lipinski definition) is 3. The first-order chi connectivity index (χ1) is 9.56. The molecule has 0 aliphatic carbocycles. The molecule has 0 fully saturated rings. The van der Waals surface area contributed by atoms with Crippen LogP contribution in [-0.2, 0) is 10.0 Å². The molecule has 0 saturated carbocycles. The SMILES string of the molecule is CCCNc1ccc(S(=O)(=O)N(CCC)CCC)cc1. The normalized spacial score (nSPS) is 11.8. The molecule has 0 aromatic heterocycles. The Kier molecular flexibility index (Phi) is 7.02. The molecule has 114 valence electrons.